The maximum atomic E-state index is 12.1. The summed E-state index contributed by atoms with van der Waals surface area (Å²) in [6.07, 6.45) is 3.28. The lowest BCUT2D eigenvalue weighted by Crippen LogP contribution is -2.41. The third-order valence-electron chi connectivity index (χ3n) is 2.84. The Hall–Kier alpha value is -0.500. The van der Waals surface area contributed by atoms with Gasteiger partial charge in [0, 0.05) is 23.3 Å². The molecule has 1 aliphatic rings. The van der Waals surface area contributed by atoms with Crippen molar-refractivity contribution >= 4 is 26.0 Å². The lowest BCUT2D eigenvalue weighted by Gasteiger charge is -2.19. The van der Waals surface area contributed by atoms with Crippen molar-refractivity contribution < 1.29 is 13.2 Å². The molecule has 0 spiro atoms. The Kier molecular flexibility index (Phi) is 4.37. The minimum atomic E-state index is -3.58. The number of hydrogen-bond donors (Lipinski definition) is 1. The normalized spacial score (nSPS) is 22.0. The van der Waals surface area contributed by atoms with E-state index in [1.54, 1.807) is 6.07 Å². The quantitative estimate of drug-likeness (QED) is 0.909. The van der Waals surface area contributed by atoms with Crippen molar-refractivity contribution in [2.75, 3.05) is 6.61 Å². The molecule has 0 aliphatic carbocycles. The highest BCUT2D eigenvalue weighted by Gasteiger charge is 2.27. The Balaban J connectivity index is 2.09. The smallest absolute Gasteiger partial charge is 0.258 e. The van der Waals surface area contributed by atoms with Gasteiger partial charge in [-0.15, -0.1) is 0 Å². The number of pyridine rings is 1. The molecule has 0 unspecified atom stereocenters. The molecule has 1 aromatic heterocycles. The second-order valence-corrected chi connectivity index (χ2v) is 6.85. The Morgan fingerprint density at radius 1 is 1.56 bits per heavy atom. The van der Waals surface area contributed by atoms with Crippen LogP contribution >= 0.6 is 15.9 Å². The minimum Gasteiger partial charge on any atom is -0.377 e. The standard InChI is InChI=1S/C11H15BrN2O3S/c1-8(10-3-2-6-17-10)14-18(15,16)11-5-4-9(12)7-13-11/h4-5,7-8,10,14H,2-3,6H2,1H3/t8-,10-/m0/s1. The molecule has 100 valence electrons. The molecule has 0 amide bonds. The maximum absolute atomic E-state index is 12.1. The summed E-state index contributed by atoms with van der Waals surface area (Å²) < 4.78 is 32.9. The lowest BCUT2D eigenvalue weighted by atomic mass is 10.1. The summed E-state index contributed by atoms with van der Waals surface area (Å²) in [5.41, 5.74) is 0. The van der Waals surface area contributed by atoms with E-state index in [9.17, 15) is 8.42 Å². The average molecular weight is 335 g/mol. The van der Waals surface area contributed by atoms with Crippen LogP contribution in [0.5, 0.6) is 0 Å². The van der Waals surface area contributed by atoms with Gasteiger partial charge in [0.25, 0.3) is 10.0 Å². The van der Waals surface area contributed by atoms with Gasteiger partial charge in [0.2, 0.25) is 0 Å². The van der Waals surface area contributed by atoms with Gasteiger partial charge in [0.15, 0.2) is 5.03 Å². The molecule has 2 rings (SSSR count). The zero-order valence-electron chi connectivity index (χ0n) is 9.97. The van der Waals surface area contributed by atoms with E-state index in [0.717, 1.165) is 17.3 Å². The van der Waals surface area contributed by atoms with E-state index < -0.39 is 10.0 Å². The Morgan fingerprint density at radius 2 is 2.33 bits per heavy atom. The van der Waals surface area contributed by atoms with Gasteiger partial charge in [-0.1, -0.05) is 0 Å². The van der Waals surface area contributed by atoms with Gasteiger partial charge >= 0.3 is 0 Å². The fraction of sp³-hybridized carbons (Fsp3) is 0.545. The predicted octanol–water partition coefficient (Wildman–Crippen LogP) is 1.69. The number of nitrogens with zero attached hydrogens (tertiary/aromatic N) is 1. The summed E-state index contributed by atoms with van der Waals surface area (Å²) in [4.78, 5) is 3.89. The van der Waals surface area contributed by atoms with E-state index in [1.165, 1.54) is 12.3 Å². The highest BCUT2D eigenvalue weighted by atomic mass is 79.9. The van der Waals surface area contributed by atoms with Gasteiger partial charge in [0.1, 0.15) is 0 Å². The first kappa shape index (κ1) is 13.9. The van der Waals surface area contributed by atoms with Crippen molar-refractivity contribution in [2.45, 2.75) is 36.9 Å². The molecule has 2 atom stereocenters. The molecule has 7 heteroatoms. The molecule has 1 saturated heterocycles. The van der Waals surface area contributed by atoms with Gasteiger partial charge in [0.05, 0.1) is 6.10 Å². The summed E-state index contributed by atoms with van der Waals surface area (Å²) in [7, 11) is -3.58. The highest BCUT2D eigenvalue weighted by molar-refractivity contribution is 9.10. The van der Waals surface area contributed by atoms with Gasteiger partial charge in [-0.2, -0.15) is 0 Å². The molecule has 0 radical (unpaired) electrons. The third kappa shape index (κ3) is 3.28. The first-order valence-electron chi connectivity index (χ1n) is 5.74. The van der Waals surface area contributed by atoms with Crippen molar-refractivity contribution in [1.29, 1.82) is 0 Å². The largest absolute Gasteiger partial charge is 0.377 e. The van der Waals surface area contributed by atoms with Gasteiger partial charge < -0.3 is 4.74 Å². The maximum Gasteiger partial charge on any atom is 0.258 e. The number of aromatic nitrogens is 1. The molecule has 1 N–H and O–H groups in total. The molecule has 18 heavy (non-hydrogen) atoms. The minimum absolute atomic E-state index is 0.0237. The molecule has 0 saturated carbocycles. The van der Waals surface area contributed by atoms with Crippen LogP contribution in [-0.2, 0) is 14.8 Å². The van der Waals surface area contributed by atoms with Crippen molar-refractivity contribution in [2.24, 2.45) is 0 Å². The predicted molar refractivity (Wildman–Crippen MR) is 70.7 cm³/mol. The van der Waals surface area contributed by atoms with Crippen LogP contribution in [0.25, 0.3) is 0 Å². The van der Waals surface area contributed by atoms with E-state index >= 15 is 0 Å². The van der Waals surface area contributed by atoms with Gasteiger partial charge in [-0.25, -0.2) is 18.1 Å². The molecule has 5 nitrogen and oxygen atoms in total. The number of sulfonamides is 1. The first-order chi connectivity index (χ1) is 8.49. The van der Waals surface area contributed by atoms with Gasteiger partial charge in [-0.05, 0) is 47.8 Å². The van der Waals surface area contributed by atoms with Crippen LogP contribution in [0.15, 0.2) is 27.8 Å². The van der Waals surface area contributed by atoms with E-state index in [-0.39, 0.29) is 17.2 Å². The van der Waals surface area contributed by atoms with Crippen LogP contribution in [0.2, 0.25) is 0 Å². The molecule has 1 aliphatic heterocycles. The Bertz CT molecular complexity index is 498. The number of hydrogen-bond acceptors (Lipinski definition) is 4. The molecular weight excluding hydrogens is 320 g/mol. The lowest BCUT2D eigenvalue weighted by molar-refractivity contribution is 0.0902. The highest BCUT2D eigenvalue weighted by Crippen LogP contribution is 2.17. The number of rotatable bonds is 4. The van der Waals surface area contributed by atoms with E-state index in [4.69, 9.17) is 4.74 Å². The summed E-state index contributed by atoms with van der Waals surface area (Å²) in [5, 5.41) is 0.0237. The molecule has 0 aromatic carbocycles. The topological polar surface area (TPSA) is 68.3 Å². The first-order valence-corrected chi connectivity index (χ1v) is 8.02. The molecule has 0 bridgehead atoms. The van der Waals surface area contributed by atoms with Crippen LogP contribution in [0.3, 0.4) is 0 Å². The van der Waals surface area contributed by atoms with Crippen molar-refractivity contribution in [3.63, 3.8) is 0 Å². The molecule has 1 fully saturated rings. The third-order valence-corrected chi connectivity index (χ3v) is 4.78. The Labute approximate surface area is 115 Å². The monoisotopic (exact) mass is 334 g/mol. The fourth-order valence-corrected chi connectivity index (χ4v) is 3.33. The van der Waals surface area contributed by atoms with Crippen molar-refractivity contribution in [1.82, 2.24) is 9.71 Å². The van der Waals surface area contributed by atoms with Crippen LogP contribution in [0, 0.1) is 0 Å². The Morgan fingerprint density at radius 3 is 2.89 bits per heavy atom. The molecular formula is C11H15BrN2O3S. The fourth-order valence-electron chi connectivity index (χ4n) is 1.90. The zero-order chi connectivity index (χ0) is 13.2. The van der Waals surface area contributed by atoms with Crippen LogP contribution < -0.4 is 4.72 Å². The summed E-state index contributed by atoms with van der Waals surface area (Å²) in [6.45, 7) is 2.51. The van der Waals surface area contributed by atoms with E-state index in [2.05, 4.69) is 25.6 Å². The van der Waals surface area contributed by atoms with Crippen LogP contribution in [0.4, 0.5) is 0 Å². The summed E-state index contributed by atoms with van der Waals surface area (Å²) >= 11 is 3.22. The summed E-state index contributed by atoms with van der Waals surface area (Å²) in [5.74, 6) is 0. The van der Waals surface area contributed by atoms with E-state index in [0.29, 0.717) is 6.61 Å². The van der Waals surface area contributed by atoms with Crippen molar-refractivity contribution in [3.8, 4) is 0 Å². The van der Waals surface area contributed by atoms with Crippen LogP contribution in [-0.4, -0.2) is 32.2 Å². The van der Waals surface area contributed by atoms with Crippen molar-refractivity contribution in [3.05, 3.63) is 22.8 Å². The molecule has 1 aromatic rings. The number of halogens is 1. The SMILES string of the molecule is C[C@H](NS(=O)(=O)c1ccc(Br)cn1)[C@@H]1CCCO1. The summed E-state index contributed by atoms with van der Waals surface area (Å²) in [6, 6.07) is 2.87. The second-order valence-electron chi connectivity index (χ2n) is 4.28. The molecule has 2 heterocycles. The number of nitrogens with one attached hydrogen (secondary N) is 1. The van der Waals surface area contributed by atoms with Gasteiger partial charge in [-0.3, -0.25) is 0 Å². The second kappa shape index (κ2) is 5.64. The van der Waals surface area contributed by atoms with E-state index in [1.807, 2.05) is 6.92 Å². The zero-order valence-corrected chi connectivity index (χ0v) is 12.4. The van der Waals surface area contributed by atoms with Crippen LogP contribution in [0.1, 0.15) is 19.8 Å². The average Bonchev–Trinajstić information content (AvgIpc) is 2.82. The number of ether oxygens (including phenoxy) is 1.